The molecular formula is C13H22N2O2S2. The monoisotopic (exact) mass is 302 g/mol. The van der Waals surface area contributed by atoms with Crippen LogP contribution in [0.5, 0.6) is 0 Å². The molecule has 19 heavy (non-hydrogen) atoms. The number of nitrogens with two attached hydrogens (primary N) is 1. The van der Waals surface area contributed by atoms with Crippen molar-refractivity contribution in [2.75, 3.05) is 0 Å². The molecule has 0 saturated heterocycles. The minimum atomic E-state index is -3.40. The van der Waals surface area contributed by atoms with Gasteiger partial charge in [0.1, 0.15) is 0 Å². The predicted octanol–water partition coefficient (Wildman–Crippen LogP) is 2.37. The van der Waals surface area contributed by atoms with Crippen LogP contribution in [0.25, 0.3) is 0 Å². The Bertz CT molecular complexity index is 533. The number of nitrogens with one attached hydrogen (secondary N) is 1. The topological polar surface area (TPSA) is 72.2 Å². The SMILES string of the molecule is CCC(CC1CC1)NS(=O)(=O)c1cc(CN)sc1C. The molecule has 108 valence electrons. The van der Waals surface area contributed by atoms with Gasteiger partial charge in [0.15, 0.2) is 0 Å². The summed E-state index contributed by atoms with van der Waals surface area (Å²) in [6.07, 6.45) is 4.28. The van der Waals surface area contributed by atoms with Crippen LogP contribution < -0.4 is 10.5 Å². The van der Waals surface area contributed by atoms with E-state index in [2.05, 4.69) is 4.72 Å². The molecule has 6 heteroatoms. The lowest BCUT2D eigenvalue weighted by atomic mass is 10.1. The van der Waals surface area contributed by atoms with Crippen LogP contribution in [0, 0.1) is 12.8 Å². The number of hydrogen-bond donors (Lipinski definition) is 2. The Morgan fingerprint density at radius 1 is 1.53 bits per heavy atom. The van der Waals surface area contributed by atoms with Crippen molar-refractivity contribution in [3.05, 3.63) is 15.8 Å². The zero-order valence-electron chi connectivity index (χ0n) is 11.5. The Labute approximate surface area is 119 Å². The highest BCUT2D eigenvalue weighted by Crippen LogP contribution is 2.34. The smallest absolute Gasteiger partial charge is 0.241 e. The van der Waals surface area contributed by atoms with Crippen molar-refractivity contribution < 1.29 is 8.42 Å². The van der Waals surface area contributed by atoms with Gasteiger partial charge in [-0.15, -0.1) is 11.3 Å². The third kappa shape index (κ3) is 3.78. The molecule has 1 aliphatic carbocycles. The Morgan fingerprint density at radius 3 is 2.68 bits per heavy atom. The van der Waals surface area contributed by atoms with Gasteiger partial charge in [0.2, 0.25) is 10.0 Å². The Hall–Kier alpha value is -0.430. The highest BCUT2D eigenvalue weighted by Gasteiger charge is 2.28. The lowest BCUT2D eigenvalue weighted by Gasteiger charge is -2.16. The first-order valence-electron chi connectivity index (χ1n) is 6.78. The van der Waals surface area contributed by atoms with E-state index < -0.39 is 10.0 Å². The maximum Gasteiger partial charge on any atom is 0.241 e. The minimum Gasteiger partial charge on any atom is -0.326 e. The van der Waals surface area contributed by atoms with Crippen molar-refractivity contribution in [3.63, 3.8) is 0 Å². The third-order valence-electron chi connectivity index (χ3n) is 3.54. The summed E-state index contributed by atoms with van der Waals surface area (Å²) in [5.41, 5.74) is 5.57. The van der Waals surface area contributed by atoms with Gasteiger partial charge >= 0.3 is 0 Å². The van der Waals surface area contributed by atoms with E-state index in [1.54, 1.807) is 6.07 Å². The second kappa shape index (κ2) is 5.91. The molecule has 0 aliphatic heterocycles. The van der Waals surface area contributed by atoms with Crippen molar-refractivity contribution in [2.45, 2.75) is 57.0 Å². The Kier molecular flexibility index (Phi) is 4.66. The maximum atomic E-state index is 12.4. The molecule has 0 aromatic carbocycles. The van der Waals surface area contributed by atoms with Gasteiger partial charge in [0.05, 0.1) is 4.90 Å². The number of aryl methyl sites for hydroxylation is 1. The van der Waals surface area contributed by atoms with Gasteiger partial charge in [-0.25, -0.2) is 13.1 Å². The van der Waals surface area contributed by atoms with Crippen molar-refractivity contribution in [2.24, 2.45) is 11.7 Å². The van der Waals surface area contributed by atoms with Crippen molar-refractivity contribution in [1.82, 2.24) is 4.72 Å². The van der Waals surface area contributed by atoms with Gasteiger partial charge in [0, 0.05) is 22.3 Å². The van der Waals surface area contributed by atoms with Crippen LogP contribution in [-0.4, -0.2) is 14.5 Å². The lowest BCUT2D eigenvalue weighted by Crippen LogP contribution is -2.34. The molecule has 1 aromatic heterocycles. The average molecular weight is 302 g/mol. The van der Waals surface area contributed by atoms with Gasteiger partial charge in [-0.05, 0) is 31.7 Å². The summed E-state index contributed by atoms with van der Waals surface area (Å²) in [5.74, 6) is 0.718. The zero-order valence-corrected chi connectivity index (χ0v) is 13.1. The molecule has 1 saturated carbocycles. The highest BCUT2D eigenvalue weighted by molar-refractivity contribution is 7.89. The van der Waals surface area contributed by atoms with E-state index in [9.17, 15) is 8.42 Å². The second-order valence-electron chi connectivity index (χ2n) is 5.24. The van der Waals surface area contributed by atoms with E-state index in [1.807, 2.05) is 13.8 Å². The first-order valence-corrected chi connectivity index (χ1v) is 9.08. The van der Waals surface area contributed by atoms with Crippen LogP contribution in [0.1, 0.15) is 42.4 Å². The van der Waals surface area contributed by atoms with E-state index in [0.29, 0.717) is 11.4 Å². The molecule has 0 bridgehead atoms. The molecule has 1 fully saturated rings. The van der Waals surface area contributed by atoms with E-state index in [-0.39, 0.29) is 6.04 Å². The molecule has 0 radical (unpaired) electrons. The maximum absolute atomic E-state index is 12.4. The predicted molar refractivity (Wildman–Crippen MR) is 78.7 cm³/mol. The largest absolute Gasteiger partial charge is 0.326 e. The molecule has 1 heterocycles. The number of sulfonamides is 1. The molecule has 0 spiro atoms. The number of hydrogen-bond acceptors (Lipinski definition) is 4. The third-order valence-corrected chi connectivity index (χ3v) is 6.39. The zero-order chi connectivity index (χ0) is 14.0. The van der Waals surface area contributed by atoms with Gasteiger partial charge in [0.25, 0.3) is 0 Å². The summed E-state index contributed by atoms with van der Waals surface area (Å²) in [4.78, 5) is 2.12. The number of thiophene rings is 1. The molecule has 4 nitrogen and oxygen atoms in total. The first kappa shape index (κ1) is 15.0. The van der Waals surface area contributed by atoms with Crippen LogP contribution in [0.3, 0.4) is 0 Å². The van der Waals surface area contributed by atoms with E-state index in [1.165, 1.54) is 24.2 Å². The summed E-state index contributed by atoms with van der Waals surface area (Å²) in [5, 5.41) is 0. The quantitative estimate of drug-likeness (QED) is 0.812. The molecule has 1 unspecified atom stereocenters. The van der Waals surface area contributed by atoms with Gasteiger partial charge in [-0.1, -0.05) is 19.8 Å². The summed E-state index contributed by atoms with van der Waals surface area (Å²) in [6.45, 7) is 4.25. The normalized spacial score (nSPS) is 17.6. The second-order valence-corrected chi connectivity index (χ2v) is 8.27. The molecule has 1 aliphatic rings. The van der Waals surface area contributed by atoms with E-state index in [0.717, 1.165) is 28.5 Å². The van der Waals surface area contributed by atoms with Crippen LogP contribution in [-0.2, 0) is 16.6 Å². The molecule has 1 aromatic rings. The Morgan fingerprint density at radius 2 is 2.21 bits per heavy atom. The highest BCUT2D eigenvalue weighted by atomic mass is 32.2. The van der Waals surface area contributed by atoms with Gasteiger partial charge < -0.3 is 5.73 Å². The fourth-order valence-electron chi connectivity index (χ4n) is 2.23. The summed E-state index contributed by atoms with van der Waals surface area (Å²) >= 11 is 1.46. The fourth-order valence-corrected chi connectivity index (χ4v) is 5.07. The fraction of sp³-hybridized carbons (Fsp3) is 0.692. The number of rotatable bonds is 7. The van der Waals surface area contributed by atoms with E-state index >= 15 is 0 Å². The standard InChI is InChI=1S/C13H22N2O2S2/c1-3-11(6-10-4-5-10)15-19(16,17)13-7-12(8-14)18-9(13)2/h7,10-11,15H,3-6,8,14H2,1-2H3. The summed E-state index contributed by atoms with van der Waals surface area (Å²) in [6, 6.07) is 1.75. The van der Waals surface area contributed by atoms with Crippen molar-refractivity contribution >= 4 is 21.4 Å². The van der Waals surface area contributed by atoms with E-state index in [4.69, 9.17) is 5.73 Å². The summed E-state index contributed by atoms with van der Waals surface area (Å²) < 4.78 is 27.7. The minimum absolute atomic E-state index is 0.0538. The van der Waals surface area contributed by atoms with Crippen LogP contribution in [0.15, 0.2) is 11.0 Å². The van der Waals surface area contributed by atoms with Crippen molar-refractivity contribution in [1.29, 1.82) is 0 Å². The molecule has 3 N–H and O–H groups in total. The van der Waals surface area contributed by atoms with Crippen LogP contribution in [0.2, 0.25) is 0 Å². The molecule has 1 atom stereocenters. The lowest BCUT2D eigenvalue weighted by molar-refractivity contribution is 0.495. The molecule has 2 rings (SSSR count). The average Bonchev–Trinajstić information content (AvgIpc) is 3.08. The van der Waals surface area contributed by atoms with Crippen LogP contribution in [0.4, 0.5) is 0 Å². The molecule has 0 amide bonds. The van der Waals surface area contributed by atoms with Gasteiger partial charge in [-0.3, -0.25) is 0 Å². The summed E-state index contributed by atoms with van der Waals surface area (Å²) in [7, 11) is -3.40. The first-order chi connectivity index (χ1) is 8.96. The van der Waals surface area contributed by atoms with Crippen LogP contribution >= 0.6 is 11.3 Å². The Balaban J connectivity index is 2.13. The van der Waals surface area contributed by atoms with Crippen molar-refractivity contribution in [3.8, 4) is 0 Å². The molecular weight excluding hydrogens is 280 g/mol. The van der Waals surface area contributed by atoms with Gasteiger partial charge in [-0.2, -0.15) is 0 Å².